The Morgan fingerprint density at radius 3 is 2.69 bits per heavy atom. The molecule has 3 nitrogen and oxygen atoms in total. The van der Waals surface area contributed by atoms with Gasteiger partial charge in [0.2, 0.25) is 5.95 Å². The molecule has 0 aliphatic carbocycles. The molecule has 0 aliphatic heterocycles. The molecule has 0 amide bonds. The molecule has 0 saturated heterocycles. The summed E-state index contributed by atoms with van der Waals surface area (Å²) in [7, 11) is 0. The maximum Gasteiger partial charge on any atom is 0.393 e. The third-order valence-corrected chi connectivity index (χ3v) is 2.13. The van der Waals surface area contributed by atoms with E-state index in [9.17, 15) is 13.2 Å². The van der Waals surface area contributed by atoms with E-state index in [1.165, 1.54) is 18.3 Å². The van der Waals surface area contributed by atoms with E-state index in [0.717, 1.165) is 0 Å². The molecule has 1 aromatic heterocycles. The van der Waals surface area contributed by atoms with Crippen molar-refractivity contribution >= 4 is 16.9 Å². The minimum absolute atomic E-state index is 0.0525. The van der Waals surface area contributed by atoms with Crippen LogP contribution in [0, 0.1) is 0 Å². The molecule has 0 spiro atoms. The number of nitrogens with two attached hydrogens (primary N) is 1. The number of hydrogen-bond acceptors (Lipinski definition) is 3. The molecule has 1 aromatic carbocycles. The predicted octanol–water partition coefficient (Wildman–Crippen LogP) is 2.32. The number of anilines is 1. The van der Waals surface area contributed by atoms with Crippen LogP contribution in [0.4, 0.5) is 19.1 Å². The molecule has 6 heteroatoms. The summed E-state index contributed by atoms with van der Waals surface area (Å²) in [5.41, 5.74) is 5.94. The molecule has 0 atom stereocenters. The first-order valence-corrected chi connectivity index (χ1v) is 4.52. The lowest BCUT2D eigenvalue weighted by atomic mass is 10.1. The van der Waals surface area contributed by atoms with Gasteiger partial charge in [-0.15, -0.1) is 0 Å². The molecule has 2 N–H and O–H groups in total. The fraction of sp³-hybridized carbons (Fsp3) is 0.200. The Balaban J connectivity index is 2.54. The van der Waals surface area contributed by atoms with E-state index in [4.69, 9.17) is 5.73 Å². The van der Waals surface area contributed by atoms with Crippen molar-refractivity contribution in [1.29, 1.82) is 0 Å². The molecule has 1 heterocycles. The van der Waals surface area contributed by atoms with Gasteiger partial charge < -0.3 is 5.73 Å². The Kier molecular flexibility index (Phi) is 2.41. The number of nitrogen functional groups attached to an aromatic ring is 1. The Bertz CT molecular complexity index is 522. The summed E-state index contributed by atoms with van der Waals surface area (Å²) < 4.78 is 36.8. The third kappa shape index (κ3) is 2.21. The van der Waals surface area contributed by atoms with E-state index in [2.05, 4.69) is 9.97 Å². The summed E-state index contributed by atoms with van der Waals surface area (Å²) in [6.07, 6.45) is -3.91. The average molecular weight is 227 g/mol. The highest BCUT2D eigenvalue weighted by Crippen LogP contribution is 2.25. The normalized spacial score (nSPS) is 11.9. The highest BCUT2D eigenvalue weighted by molar-refractivity contribution is 5.82. The SMILES string of the molecule is Nc1ncc2c(CC(F)(F)F)cccc2n1. The maximum atomic E-state index is 12.3. The maximum absolute atomic E-state index is 12.3. The number of alkyl halides is 3. The van der Waals surface area contributed by atoms with E-state index < -0.39 is 12.6 Å². The van der Waals surface area contributed by atoms with Gasteiger partial charge in [-0.3, -0.25) is 0 Å². The van der Waals surface area contributed by atoms with Gasteiger partial charge in [0, 0.05) is 11.6 Å². The van der Waals surface area contributed by atoms with Crippen LogP contribution in [0.15, 0.2) is 24.4 Å². The van der Waals surface area contributed by atoms with Crippen LogP contribution in [0.1, 0.15) is 5.56 Å². The van der Waals surface area contributed by atoms with Gasteiger partial charge in [-0.2, -0.15) is 13.2 Å². The van der Waals surface area contributed by atoms with Gasteiger partial charge in [-0.1, -0.05) is 12.1 Å². The first-order chi connectivity index (χ1) is 7.46. The van der Waals surface area contributed by atoms with Gasteiger partial charge in [-0.05, 0) is 11.6 Å². The lowest BCUT2D eigenvalue weighted by Crippen LogP contribution is -2.12. The monoisotopic (exact) mass is 227 g/mol. The highest BCUT2D eigenvalue weighted by atomic mass is 19.4. The first-order valence-electron chi connectivity index (χ1n) is 4.52. The van der Waals surface area contributed by atoms with Crippen LogP contribution in [-0.2, 0) is 6.42 Å². The fourth-order valence-electron chi connectivity index (χ4n) is 1.50. The second kappa shape index (κ2) is 3.62. The molecule has 0 aliphatic rings. The van der Waals surface area contributed by atoms with Crippen molar-refractivity contribution in [3.05, 3.63) is 30.0 Å². The molecule has 84 valence electrons. The molecular weight excluding hydrogens is 219 g/mol. The Morgan fingerprint density at radius 2 is 2.00 bits per heavy atom. The number of halogens is 3. The minimum atomic E-state index is -4.24. The van der Waals surface area contributed by atoms with Crippen molar-refractivity contribution in [3.8, 4) is 0 Å². The topological polar surface area (TPSA) is 51.8 Å². The molecule has 0 unspecified atom stereocenters. The molecule has 0 fully saturated rings. The molecule has 2 aromatic rings. The third-order valence-electron chi connectivity index (χ3n) is 2.13. The number of hydrogen-bond donors (Lipinski definition) is 1. The van der Waals surface area contributed by atoms with Gasteiger partial charge in [0.1, 0.15) is 0 Å². The predicted molar refractivity (Wildman–Crippen MR) is 53.7 cm³/mol. The van der Waals surface area contributed by atoms with Gasteiger partial charge in [0.25, 0.3) is 0 Å². The van der Waals surface area contributed by atoms with E-state index in [1.54, 1.807) is 6.07 Å². The minimum Gasteiger partial charge on any atom is -0.368 e. The lowest BCUT2D eigenvalue weighted by Gasteiger charge is -2.08. The number of aromatic nitrogens is 2. The molecule has 0 radical (unpaired) electrons. The second-order valence-corrected chi connectivity index (χ2v) is 3.37. The number of nitrogens with zero attached hydrogens (tertiary/aromatic N) is 2. The lowest BCUT2D eigenvalue weighted by molar-refractivity contribution is -0.126. The average Bonchev–Trinajstić information content (AvgIpc) is 2.15. The number of rotatable bonds is 1. The summed E-state index contributed by atoms with van der Waals surface area (Å²) in [5.74, 6) is 0.0525. The zero-order chi connectivity index (χ0) is 11.8. The fourth-order valence-corrected chi connectivity index (χ4v) is 1.50. The Morgan fingerprint density at radius 1 is 1.25 bits per heavy atom. The van der Waals surface area contributed by atoms with Crippen LogP contribution in [0.2, 0.25) is 0 Å². The highest BCUT2D eigenvalue weighted by Gasteiger charge is 2.28. The van der Waals surface area contributed by atoms with Crippen LogP contribution in [-0.4, -0.2) is 16.1 Å². The summed E-state index contributed by atoms with van der Waals surface area (Å²) in [6.45, 7) is 0. The summed E-state index contributed by atoms with van der Waals surface area (Å²) in [6, 6.07) is 4.54. The molecule has 16 heavy (non-hydrogen) atoms. The molecule has 0 saturated carbocycles. The van der Waals surface area contributed by atoms with E-state index >= 15 is 0 Å². The van der Waals surface area contributed by atoms with Crippen LogP contribution >= 0.6 is 0 Å². The Labute approximate surface area is 89.1 Å². The molecule has 0 bridgehead atoms. The standard InChI is InChI=1S/C10H8F3N3/c11-10(12,13)4-6-2-1-3-8-7(6)5-15-9(14)16-8/h1-3,5H,4H2,(H2,14,15,16). The quantitative estimate of drug-likeness (QED) is 0.813. The number of fused-ring (bicyclic) bond motifs is 1. The largest absolute Gasteiger partial charge is 0.393 e. The van der Waals surface area contributed by atoms with Crippen molar-refractivity contribution in [2.45, 2.75) is 12.6 Å². The smallest absolute Gasteiger partial charge is 0.368 e. The van der Waals surface area contributed by atoms with E-state index in [0.29, 0.717) is 10.9 Å². The van der Waals surface area contributed by atoms with Crippen LogP contribution < -0.4 is 5.73 Å². The van der Waals surface area contributed by atoms with Crippen molar-refractivity contribution in [2.75, 3.05) is 5.73 Å². The van der Waals surface area contributed by atoms with Gasteiger partial charge >= 0.3 is 6.18 Å². The van der Waals surface area contributed by atoms with Gasteiger partial charge in [-0.25, -0.2) is 9.97 Å². The van der Waals surface area contributed by atoms with Crippen molar-refractivity contribution in [2.24, 2.45) is 0 Å². The Hall–Kier alpha value is -1.85. The van der Waals surface area contributed by atoms with Gasteiger partial charge in [0.05, 0.1) is 11.9 Å². The zero-order valence-corrected chi connectivity index (χ0v) is 8.12. The van der Waals surface area contributed by atoms with E-state index in [1.807, 2.05) is 0 Å². The van der Waals surface area contributed by atoms with Gasteiger partial charge in [0.15, 0.2) is 0 Å². The summed E-state index contributed by atoms with van der Waals surface area (Å²) >= 11 is 0. The van der Waals surface area contributed by atoms with Crippen molar-refractivity contribution in [3.63, 3.8) is 0 Å². The molecule has 2 rings (SSSR count). The summed E-state index contributed by atoms with van der Waals surface area (Å²) in [5, 5.41) is 0.383. The van der Waals surface area contributed by atoms with E-state index in [-0.39, 0.29) is 11.5 Å². The summed E-state index contributed by atoms with van der Waals surface area (Å²) in [4.78, 5) is 7.56. The zero-order valence-electron chi connectivity index (χ0n) is 8.12. The van der Waals surface area contributed by atoms with Crippen LogP contribution in [0.5, 0.6) is 0 Å². The molecular formula is C10H8F3N3. The van der Waals surface area contributed by atoms with Crippen LogP contribution in [0.25, 0.3) is 10.9 Å². The first kappa shape index (κ1) is 10.7. The second-order valence-electron chi connectivity index (χ2n) is 3.37. The van der Waals surface area contributed by atoms with Crippen molar-refractivity contribution in [1.82, 2.24) is 9.97 Å². The van der Waals surface area contributed by atoms with Crippen LogP contribution in [0.3, 0.4) is 0 Å². The number of benzene rings is 1. The van der Waals surface area contributed by atoms with Crippen molar-refractivity contribution < 1.29 is 13.2 Å².